The summed E-state index contributed by atoms with van der Waals surface area (Å²) in [5.41, 5.74) is 6.52. The van der Waals surface area contributed by atoms with E-state index in [4.69, 9.17) is 21.6 Å². The highest BCUT2D eigenvalue weighted by molar-refractivity contribution is 6.01. The highest BCUT2D eigenvalue weighted by Crippen LogP contribution is 2.31. The molecule has 0 heterocycles. The van der Waals surface area contributed by atoms with Crippen LogP contribution in [-0.4, -0.2) is 26.2 Å². The van der Waals surface area contributed by atoms with Crippen molar-refractivity contribution in [2.45, 2.75) is 25.8 Å². The molecule has 0 fully saturated rings. The fraction of sp³-hybridized carbons (Fsp3) is 0.400. The molecule has 0 saturated heterocycles. The van der Waals surface area contributed by atoms with E-state index >= 15 is 0 Å². The molecule has 1 atom stereocenters. The molecule has 1 rings (SSSR count). The van der Waals surface area contributed by atoms with E-state index in [0.29, 0.717) is 23.5 Å². The van der Waals surface area contributed by atoms with Crippen LogP contribution in [-0.2, 0) is 0 Å². The highest BCUT2D eigenvalue weighted by Gasteiger charge is 2.18. The number of rotatable bonds is 6. The van der Waals surface area contributed by atoms with E-state index in [2.05, 4.69) is 11.2 Å². The number of anilines is 1. The number of terminal acetylenes is 1. The standard InChI is InChI=1S/C15H20N2O3/c1-5-7-10(6-2)17-15(18)12-8-11(19-3)9-13(20-4)14(12)16/h1,8-10H,6-7,16H2,2-4H3,(H,17,18). The van der Waals surface area contributed by atoms with Gasteiger partial charge in [0, 0.05) is 18.5 Å². The smallest absolute Gasteiger partial charge is 0.253 e. The predicted octanol–water partition coefficient (Wildman–Crippen LogP) is 1.82. The summed E-state index contributed by atoms with van der Waals surface area (Å²) < 4.78 is 10.3. The van der Waals surface area contributed by atoms with Crippen LogP contribution in [0.15, 0.2) is 12.1 Å². The Bertz CT molecular complexity index is 521. The minimum absolute atomic E-state index is 0.0795. The van der Waals surface area contributed by atoms with E-state index in [1.165, 1.54) is 14.2 Å². The maximum atomic E-state index is 12.3. The number of hydrogen-bond donors (Lipinski definition) is 2. The molecule has 0 aliphatic rings. The van der Waals surface area contributed by atoms with E-state index < -0.39 is 0 Å². The number of benzene rings is 1. The molecule has 1 aromatic carbocycles. The van der Waals surface area contributed by atoms with Crippen LogP contribution < -0.4 is 20.5 Å². The SMILES string of the molecule is C#CCC(CC)NC(=O)c1cc(OC)cc(OC)c1N. The van der Waals surface area contributed by atoms with Gasteiger partial charge in [-0.15, -0.1) is 12.3 Å². The maximum Gasteiger partial charge on any atom is 0.253 e. The van der Waals surface area contributed by atoms with E-state index in [9.17, 15) is 4.79 Å². The molecule has 1 aromatic rings. The normalized spacial score (nSPS) is 11.3. The van der Waals surface area contributed by atoms with Crippen LogP contribution in [0.3, 0.4) is 0 Å². The Morgan fingerprint density at radius 3 is 2.65 bits per heavy atom. The molecule has 0 radical (unpaired) electrons. The van der Waals surface area contributed by atoms with Crippen LogP contribution in [0.1, 0.15) is 30.1 Å². The van der Waals surface area contributed by atoms with Crippen molar-refractivity contribution in [3.05, 3.63) is 17.7 Å². The molecular formula is C15H20N2O3. The second-order valence-electron chi connectivity index (χ2n) is 4.28. The highest BCUT2D eigenvalue weighted by atomic mass is 16.5. The van der Waals surface area contributed by atoms with E-state index in [1.807, 2.05) is 6.92 Å². The molecule has 5 heteroatoms. The van der Waals surface area contributed by atoms with Gasteiger partial charge in [0.05, 0.1) is 25.5 Å². The van der Waals surface area contributed by atoms with Crippen molar-refractivity contribution in [2.75, 3.05) is 20.0 Å². The molecule has 20 heavy (non-hydrogen) atoms. The van der Waals surface area contributed by atoms with Crippen LogP contribution in [0.5, 0.6) is 11.5 Å². The number of methoxy groups -OCH3 is 2. The van der Waals surface area contributed by atoms with Crippen LogP contribution >= 0.6 is 0 Å². The summed E-state index contributed by atoms with van der Waals surface area (Å²) >= 11 is 0. The molecule has 0 aliphatic heterocycles. The number of nitrogens with one attached hydrogen (secondary N) is 1. The van der Waals surface area contributed by atoms with Crippen LogP contribution in [0.4, 0.5) is 5.69 Å². The molecule has 108 valence electrons. The van der Waals surface area contributed by atoms with Gasteiger partial charge < -0.3 is 20.5 Å². The fourth-order valence-corrected chi connectivity index (χ4v) is 1.78. The van der Waals surface area contributed by atoms with Crippen molar-refractivity contribution in [1.29, 1.82) is 0 Å². The van der Waals surface area contributed by atoms with Gasteiger partial charge in [0.25, 0.3) is 5.91 Å². The number of ether oxygens (including phenoxy) is 2. The largest absolute Gasteiger partial charge is 0.497 e. The van der Waals surface area contributed by atoms with E-state index in [1.54, 1.807) is 12.1 Å². The number of carbonyl (C=O) groups is 1. The summed E-state index contributed by atoms with van der Waals surface area (Å²) in [5, 5.41) is 2.85. The Morgan fingerprint density at radius 2 is 2.15 bits per heavy atom. The average Bonchev–Trinajstić information content (AvgIpc) is 2.46. The number of carbonyl (C=O) groups excluding carboxylic acids is 1. The third kappa shape index (κ3) is 3.58. The zero-order chi connectivity index (χ0) is 15.1. The first kappa shape index (κ1) is 15.7. The zero-order valence-corrected chi connectivity index (χ0v) is 12.0. The topological polar surface area (TPSA) is 73.6 Å². The lowest BCUT2D eigenvalue weighted by molar-refractivity contribution is 0.0937. The monoisotopic (exact) mass is 276 g/mol. The Morgan fingerprint density at radius 1 is 1.45 bits per heavy atom. The summed E-state index contributed by atoms with van der Waals surface area (Å²) in [4.78, 5) is 12.3. The second-order valence-corrected chi connectivity index (χ2v) is 4.28. The third-order valence-corrected chi connectivity index (χ3v) is 3.01. The van der Waals surface area contributed by atoms with Crippen molar-refractivity contribution in [3.63, 3.8) is 0 Å². The van der Waals surface area contributed by atoms with Gasteiger partial charge >= 0.3 is 0 Å². The Hall–Kier alpha value is -2.35. The van der Waals surface area contributed by atoms with Crippen molar-refractivity contribution >= 4 is 11.6 Å². The number of hydrogen-bond acceptors (Lipinski definition) is 4. The van der Waals surface area contributed by atoms with Gasteiger partial charge in [-0.2, -0.15) is 0 Å². The minimum atomic E-state index is -0.290. The lowest BCUT2D eigenvalue weighted by Crippen LogP contribution is -2.34. The molecule has 3 N–H and O–H groups in total. The zero-order valence-electron chi connectivity index (χ0n) is 12.0. The minimum Gasteiger partial charge on any atom is -0.497 e. The van der Waals surface area contributed by atoms with Gasteiger partial charge in [0.1, 0.15) is 11.5 Å². The van der Waals surface area contributed by atoms with Gasteiger partial charge in [-0.25, -0.2) is 0 Å². The Balaban J connectivity index is 3.06. The van der Waals surface area contributed by atoms with Crippen LogP contribution in [0.2, 0.25) is 0 Å². The predicted molar refractivity (Wildman–Crippen MR) is 79.0 cm³/mol. The van der Waals surface area contributed by atoms with Gasteiger partial charge in [-0.1, -0.05) is 6.92 Å². The number of nitrogen functional groups attached to an aromatic ring is 1. The first-order chi connectivity index (χ1) is 9.57. The first-order valence-corrected chi connectivity index (χ1v) is 6.33. The maximum absolute atomic E-state index is 12.3. The molecule has 0 spiro atoms. The van der Waals surface area contributed by atoms with E-state index in [-0.39, 0.29) is 17.6 Å². The van der Waals surface area contributed by atoms with Crippen LogP contribution in [0, 0.1) is 12.3 Å². The summed E-state index contributed by atoms with van der Waals surface area (Å²) in [6, 6.07) is 3.13. The van der Waals surface area contributed by atoms with Crippen molar-refractivity contribution < 1.29 is 14.3 Å². The van der Waals surface area contributed by atoms with Crippen molar-refractivity contribution in [2.24, 2.45) is 0 Å². The molecule has 0 aromatic heterocycles. The third-order valence-electron chi connectivity index (χ3n) is 3.01. The van der Waals surface area contributed by atoms with Gasteiger partial charge in [-0.05, 0) is 12.5 Å². The molecule has 0 bridgehead atoms. The molecular weight excluding hydrogens is 256 g/mol. The molecule has 5 nitrogen and oxygen atoms in total. The van der Waals surface area contributed by atoms with E-state index in [0.717, 1.165) is 6.42 Å². The number of amides is 1. The molecule has 1 unspecified atom stereocenters. The molecule has 1 amide bonds. The van der Waals surface area contributed by atoms with Gasteiger partial charge in [0.15, 0.2) is 0 Å². The summed E-state index contributed by atoms with van der Waals surface area (Å²) in [6.07, 6.45) is 6.50. The van der Waals surface area contributed by atoms with Crippen molar-refractivity contribution in [1.82, 2.24) is 5.32 Å². The summed E-state index contributed by atoms with van der Waals surface area (Å²) in [5.74, 6) is 3.16. The second kappa shape index (κ2) is 7.29. The van der Waals surface area contributed by atoms with Gasteiger partial charge in [-0.3, -0.25) is 4.79 Å². The molecule has 0 saturated carbocycles. The van der Waals surface area contributed by atoms with Crippen molar-refractivity contribution in [3.8, 4) is 23.8 Å². The Labute approximate surface area is 119 Å². The quantitative estimate of drug-likeness (QED) is 0.614. The number of nitrogens with two attached hydrogens (primary N) is 1. The fourth-order valence-electron chi connectivity index (χ4n) is 1.78. The average molecular weight is 276 g/mol. The lowest BCUT2D eigenvalue weighted by atomic mass is 10.1. The summed E-state index contributed by atoms with van der Waals surface area (Å²) in [7, 11) is 3.00. The molecule has 0 aliphatic carbocycles. The lowest BCUT2D eigenvalue weighted by Gasteiger charge is -2.17. The summed E-state index contributed by atoms with van der Waals surface area (Å²) in [6.45, 7) is 1.96. The van der Waals surface area contributed by atoms with Crippen LogP contribution in [0.25, 0.3) is 0 Å². The van der Waals surface area contributed by atoms with Gasteiger partial charge in [0.2, 0.25) is 0 Å². The Kier molecular flexibility index (Phi) is 5.73. The first-order valence-electron chi connectivity index (χ1n) is 6.33.